The van der Waals surface area contributed by atoms with Crippen LogP contribution in [0.2, 0.25) is 0 Å². The van der Waals surface area contributed by atoms with Gasteiger partial charge in [0.2, 0.25) is 5.91 Å². The lowest BCUT2D eigenvalue weighted by Gasteiger charge is -2.42. The molecule has 7 heteroatoms. The van der Waals surface area contributed by atoms with Crippen LogP contribution in [0.1, 0.15) is 60.9 Å². The number of hydroxylamine groups is 2. The maximum atomic E-state index is 12.3. The van der Waals surface area contributed by atoms with Crippen molar-refractivity contribution in [1.82, 2.24) is 5.06 Å². The van der Waals surface area contributed by atoms with Gasteiger partial charge in [-0.2, -0.15) is 0 Å². The SMILES string of the molecule is O=C(ON1CCC(CC2(O)CCN(c3ccc4c(c3)C3(CC3)C(=O)N4)CC2)CC1)c1ccccc1. The van der Waals surface area contributed by atoms with E-state index >= 15 is 0 Å². The zero-order valence-electron chi connectivity index (χ0n) is 20.0. The molecule has 0 atom stereocenters. The van der Waals surface area contributed by atoms with E-state index in [1.54, 1.807) is 17.2 Å². The molecule has 1 aliphatic carbocycles. The molecule has 35 heavy (non-hydrogen) atoms. The predicted octanol–water partition coefficient (Wildman–Crippen LogP) is 3.88. The van der Waals surface area contributed by atoms with E-state index in [-0.39, 0.29) is 17.3 Å². The van der Waals surface area contributed by atoms with E-state index in [1.165, 1.54) is 0 Å². The summed E-state index contributed by atoms with van der Waals surface area (Å²) in [6, 6.07) is 15.4. The van der Waals surface area contributed by atoms with E-state index in [9.17, 15) is 14.7 Å². The molecule has 0 radical (unpaired) electrons. The molecular formula is C28H33N3O4. The fourth-order valence-electron chi connectivity index (χ4n) is 6.09. The Labute approximate surface area is 206 Å². The van der Waals surface area contributed by atoms with E-state index in [1.807, 2.05) is 24.3 Å². The molecule has 1 saturated carbocycles. The molecule has 2 saturated heterocycles. The Bertz CT molecular complexity index is 1110. The highest BCUT2D eigenvalue weighted by atomic mass is 16.7. The lowest BCUT2D eigenvalue weighted by Crippen LogP contribution is -2.46. The third-order valence-electron chi connectivity index (χ3n) is 8.47. The second-order valence-electron chi connectivity index (χ2n) is 10.8. The van der Waals surface area contributed by atoms with Crippen molar-refractivity contribution in [3.8, 4) is 0 Å². The number of hydrogen-bond acceptors (Lipinski definition) is 6. The van der Waals surface area contributed by atoms with Crippen LogP contribution in [0.25, 0.3) is 0 Å². The van der Waals surface area contributed by atoms with Gasteiger partial charge in [0.05, 0.1) is 16.6 Å². The topological polar surface area (TPSA) is 82.1 Å². The van der Waals surface area contributed by atoms with Crippen molar-refractivity contribution in [2.45, 2.75) is 56.0 Å². The summed E-state index contributed by atoms with van der Waals surface area (Å²) in [7, 11) is 0. The fourth-order valence-corrected chi connectivity index (χ4v) is 6.09. The number of carbonyl (C=O) groups is 2. The molecule has 0 aromatic heterocycles. The van der Waals surface area contributed by atoms with Crippen LogP contribution in [0.3, 0.4) is 0 Å². The molecule has 3 fully saturated rings. The van der Waals surface area contributed by atoms with Crippen molar-refractivity contribution < 1.29 is 19.5 Å². The van der Waals surface area contributed by atoms with E-state index in [2.05, 4.69) is 22.3 Å². The van der Waals surface area contributed by atoms with E-state index < -0.39 is 5.60 Å². The van der Waals surface area contributed by atoms with Gasteiger partial charge in [-0.05, 0) is 86.8 Å². The Morgan fingerprint density at radius 2 is 1.71 bits per heavy atom. The highest BCUT2D eigenvalue weighted by Crippen LogP contribution is 2.55. The third-order valence-corrected chi connectivity index (χ3v) is 8.47. The van der Waals surface area contributed by atoms with Gasteiger partial charge in [0.25, 0.3) is 0 Å². The van der Waals surface area contributed by atoms with Crippen LogP contribution in [-0.4, -0.2) is 53.8 Å². The molecule has 0 bridgehead atoms. The minimum Gasteiger partial charge on any atom is -0.390 e. The normalized spacial score (nSPS) is 23.1. The summed E-state index contributed by atoms with van der Waals surface area (Å²) in [5.74, 6) is 0.276. The maximum Gasteiger partial charge on any atom is 0.357 e. The van der Waals surface area contributed by atoms with Crippen LogP contribution in [0.15, 0.2) is 48.5 Å². The number of piperidine rings is 2. The monoisotopic (exact) mass is 475 g/mol. The summed E-state index contributed by atoms with van der Waals surface area (Å²) in [6.07, 6.45) is 6.01. The highest BCUT2D eigenvalue weighted by Gasteiger charge is 2.56. The predicted molar refractivity (Wildman–Crippen MR) is 133 cm³/mol. The molecule has 3 heterocycles. The lowest BCUT2D eigenvalue weighted by molar-refractivity contribution is -0.131. The molecule has 2 aromatic carbocycles. The van der Waals surface area contributed by atoms with Gasteiger partial charge in [-0.15, -0.1) is 5.06 Å². The maximum absolute atomic E-state index is 12.3. The summed E-state index contributed by atoms with van der Waals surface area (Å²) in [5.41, 5.74) is 2.92. The summed E-state index contributed by atoms with van der Waals surface area (Å²) < 4.78 is 0. The van der Waals surface area contributed by atoms with Crippen molar-refractivity contribution in [3.63, 3.8) is 0 Å². The van der Waals surface area contributed by atoms with Crippen LogP contribution >= 0.6 is 0 Å². The first-order valence-electron chi connectivity index (χ1n) is 12.9. The molecule has 0 unspecified atom stereocenters. The number of hydrogen-bond donors (Lipinski definition) is 2. The summed E-state index contributed by atoms with van der Waals surface area (Å²) in [4.78, 5) is 32.5. The number of nitrogens with zero attached hydrogens (tertiary/aromatic N) is 2. The summed E-state index contributed by atoms with van der Waals surface area (Å²) in [5, 5.41) is 16.1. The second kappa shape index (κ2) is 8.64. The number of carbonyl (C=O) groups excluding carboxylic acids is 2. The second-order valence-corrected chi connectivity index (χ2v) is 10.8. The van der Waals surface area contributed by atoms with Crippen LogP contribution in [0.4, 0.5) is 11.4 Å². The van der Waals surface area contributed by atoms with Gasteiger partial charge in [0.1, 0.15) is 0 Å². The zero-order valence-corrected chi connectivity index (χ0v) is 20.0. The molecule has 7 nitrogen and oxygen atoms in total. The molecule has 3 aliphatic heterocycles. The molecular weight excluding hydrogens is 442 g/mol. The van der Waals surface area contributed by atoms with Gasteiger partial charge in [-0.1, -0.05) is 18.2 Å². The average Bonchev–Trinajstić information content (AvgIpc) is 3.63. The first kappa shape index (κ1) is 22.6. The number of amides is 1. The Morgan fingerprint density at radius 1 is 1.00 bits per heavy atom. The van der Waals surface area contributed by atoms with Crippen LogP contribution < -0.4 is 10.2 Å². The minimum atomic E-state index is -0.643. The van der Waals surface area contributed by atoms with Gasteiger partial charge >= 0.3 is 5.97 Å². The number of aliphatic hydroxyl groups is 1. The minimum absolute atomic E-state index is 0.151. The first-order valence-corrected chi connectivity index (χ1v) is 12.9. The number of rotatable bonds is 5. The largest absolute Gasteiger partial charge is 0.390 e. The Hall–Kier alpha value is -2.90. The van der Waals surface area contributed by atoms with Crippen LogP contribution in [-0.2, 0) is 15.0 Å². The summed E-state index contributed by atoms with van der Waals surface area (Å²) >= 11 is 0. The number of nitrogens with one attached hydrogen (secondary N) is 1. The molecule has 1 spiro atoms. The summed E-state index contributed by atoms with van der Waals surface area (Å²) in [6.45, 7) is 3.04. The Balaban J connectivity index is 0.997. The van der Waals surface area contributed by atoms with Gasteiger partial charge in [0.15, 0.2) is 0 Å². The molecule has 6 rings (SSSR count). The standard InChI is InChI=1S/C28H33N3O4/c32-25(21-4-2-1-3-5-21)35-31-14-8-20(9-15-31)19-27(34)12-16-30(17-13-27)22-6-7-24-23(18-22)28(10-11-28)26(33)29-24/h1-7,18,20,34H,8-17,19H2,(H,29,33). The molecule has 184 valence electrons. The van der Waals surface area contributed by atoms with Gasteiger partial charge < -0.3 is 20.2 Å². The van der Waals surface area contributed by atoms with Crippen LogP contribution in [0.5, 0.6) is 0 Å². The first-order chi connectivity index (χ1) is 16.9. The third kappa shape index (κ3) is 4.32. The lowest BCUT2D eigenvalue weighted by atomic mass is 9.79. The van der Waals surface area contributed by atoms with Crippen molar-refractivity contribution in [2.75, 3.05) is 36.4 Å². The van der Waals surface area contributed by atoms with Crippen molar-refractivity contribution in [3.05, 3.63) is 59.7 Å². The number of anilines is 2. The molecule has 2 aromatic rings. The van der Waals surface area contributed by atoms with Gasteiger partial charge in [-0.25, -0.2) is 4.79 Å². The molecule has 2 N–H and O–H groups in total. The zero-order chi connectivity index (χ0) is 24.0. The van der Waals surface area contributed by atoms with Gasteiger partial charge in [-0.3, -0.25) is 4.79 Å². The smallest absolute Gasteiger partial charge is 0.357 e. The number of fused-ring (bicyclic) bond motifs is 2. The van der Waals surface area contributed by atoms with Gasteiger partial charge in [0, 0.05) is 37.6 Å². The molecule has 4 aliphatic rings. The fraction of sp³-hybridized carbons (Fsp3) is 0.500. The van der Waals surface area contributed by atoms with Crippen molar-refractivity contribution >= 4 is 23.3 Å². The van der Waals surface area contributed by atoms with Crippen molar-refractivity contribution in [1.29, 1.82) is 0 Å². The van der Waals surface area contributed by atoms with E-state index in [0.29, 0.717) is 24.6 Å². The molecule has 1 amide bonds. The van der Waals surface area contributed by atoms with E-state index in [0.717, 1.165) is 75.0 Å². The Kier molecular flexibility index (Phi) is 5.57. The van der Waals surface area contributed by atoms with Crippen LogP contribution in [0, 0.1) is 5.92 Å². The van der Waals surface area contributed by atoms with Crippen molar-refractivity contribution in [2.24, 2.45) is 5.92 Å². The Morgan fingerprint density at radius 3 is 2.40 bits per heavy atom. The highest BCUT2D eigenvalue weighted by molar-refractivity contribution is 6.08. The number of benzene rings is 2. The quantitative estimate of drug-likeness (QED) is 0.683. The van der Waals surface area contributed by atoms with E-state index in [4.69, 9.17) is 4.84 Å². The average molecular weight is 476 g/mol.